The van der Waals surface area contributed by atoms with Crippen LogP contribution in [0.25, 0.3) is 0 Å². The van der Waals surface area contributed by atoms with Crippen LogP contribution in [0.5, 0.6) is 5.75 Å². The smallest absolute Gasteiger partial charge is 0.254 e. The summed E-state index contributed by atoms with van der Waals surface area (Å²) in [5.74, 6) is 0.459. The van der Waals surface area contributed by atoms with Gasteiger partial charge in [-0.15, -0.1) is 0 Å². The molecule has 32 heavy (non-hydrogen) atoms. The monoisotopic (exact) mass is 439 g/mol. The van der Waals surface area contributed by atoms with E-state index in [9.17, 15) is 14.0 Å². The number of carbonyl (C=O) groups excluding carboxylic acids is 2. The van der Waals surface area contributed by atoms with Crippen molar-refractivity contribution in [3.05, 3.63) is 82.5 Å². The Morgan fingerprint density at radius 2 is 1.78 bits per heavy atom. The zero-order chi connectivity index (χ0) is 23.1. The summed E-state index contributed by atoms with van der Waals surface area (Å²) in [4.78, 5) is 26.6. The fourth-order valence-electron chi connectivity index (χ4n) is 3.10. The number of nitrogens with zero attached hydrogens (tertiary/aromatic N) is 2. The molecule has 0 unspecified atom stereocenters. The van der Waals surface area contributed by atoms with Gasteiger partial charge in [0.25, 0.3) is 5.91 Å². The van der Waals surface area contributed by atoms with E-state index in [1.165, 1.54) is 17.0 Å². The van der Waals surface area contributed by atoms with Crippen LogP contribution in [0.3, 0.4) is 0 Å². The minimum Gasteiger partial charge on any atom is -0.489 e. The first-order valence-corrected chi connectivity index (χ1v) is 10.3. The van der Waals surface area contributed by atoms with E-state index in [0.29, 0.717) is 30.2 Å². The Hall–Kier alpha value is -3.68. The lowest BCUT2D eigenvalue weighted by molar-refractivity contribution is -0.121. The van der Waals surface area contributed by atoms with Crippen molar-refractivity contribution < 1.29 is 23.2 Å². The number of ether oxygens (including phenoxy) is 1. The summed E-state index contributed by atoms with van der Waals surface area (Å²) in [5, 5.41) is 6.65. The zero-order valence-electron chi connectivity index (χ0n) is 18.4. The molecule has 8 heteroatoms. The van der Waals surface area contributed by atoms with Gasteiger partial charge in [0, 0.05) is 18.7 Å². The largest absolute Gasteiger partial charge is 0.489 e. The summed E-state index contributed by atoms with van der Waals surface area (Å²) in [6.07, 6.45) is 0. The van der Waals surface area contributed by atoms with Crippen LogP contribution >= 0.6 is 0 Å². The van der Waals surface area contributed by atoms with Gasteiger partial charge < -0.3 is 19.5 Å². The second-order valence-electron chi connectivity index (χ2n) is 7.34. The Balaban J connectivity index is 1.53. The average Bonchev–Trinajstić information content (AvgIpc) is 3.12. The van der Waals surface area contributed by atoms with Crippen LogP contribution in [-0.2, 0) is 17.9 Å². The second kappa shape index (κ2) is 10.6. The molecule has 168 valence electrons. The molecular formula is C24H26FN3O4. The molecule has 0 aliphatic heterocycles. The Morgan fingerprint density at radius 1 is 1.09 bits per heavy atom. The predicted molar refractivity (Wildman–Crippen MR) is 117 cm³/mol. The minimum absolute atomic E-state index is 0.0686. The average molecular weight is 439 g/mol. The molecule has 1 heterocycles. The standard InChI is InChI=1S/C24H26FN3O4/c1-4-28(14-23(29)26-13-18-5-9-20(25)10-6-18)24(30)19-7-11-21(12-8-19)31-15-22-16(2)27-32-17(22)3/h5-12H,4,13-15H2,1-3H3,(H,26,29). The number of aryl methyl sites for hydroxylation is 2. The van der Waals surface area contributed by atoms with Crippen molar-refractivity contribution in [3.63, 3.8) is 0 Å². The minimum atomic E-state index is -0.331. The highest BCUT2D eigenvalue weighted by Gasteiger charge is 2.17. The summed E-state index contributed by atoms with van der Waals surface area (Å²) in [6, 6.07) is 12.7. The normalized spacial score (nSPS) is 10.6. The van der Waals surface area contributed by atoms with Gasteiger partial charge in [0.1, 0.15) is 23.9 Å². The first-order valence-electron chi connectivity index (χ1n) is 10.3. The summed E-state index contributed by atoms with van der Waals surface area (Å²) in [7, 11) is 0. The van der Waals surface area contributed by atoms with Crippen molar-refractivity contribution in [3.8, 4) is 5.75 Å². The van der Waals surface area contributed by atoms with E-state index in [-0.39, 0.29) is 30.7 Å². The van der Waals surface area contributed by atoms with Crippen LogP contribution < -0.4 is 10.1 Å². The SMILES string of the molecule is CCN(CC(=O)NCc1ccc(F)cc1)C(=O)c1ccc(OCc2c(C)noc2C)cc1. The number of rotatable bonds is 9. The molecular weight excluding hydrogens is 413 g/mol. The van der Waals surface area contributed by atoms with Crippen LogP contribution in [-0.4, -0.2) is 35.0 Å². The number of nitrogens with one attached hydrogen (secondary N) is 1. The number of likely N-dealkylation sites (N-methyl/N-ethyl adjacent to an activating group) is 1. The fraction of sp³-hybridized carbons (Fsp3) is 0.292. The molecule has 0 bridgehead atoms. The first-order chi connectivity index (χ1) is 15.4. The van der Waals surface area contributed by atoms with E-state index >= 15 is 0 Å². The lowest BCUT2D eigenvalue weighted by Crippen LogP contribution is -2.40. The van der Waals surface area contributed by atoms with Crippen molar-refractivity contribution in [2.45, 2.75) is 33.9 Å². The third-order valence-corrected chi connectivity index (χ3v) is 5.07. The van der Waals surface area contributed by atoms with E-state index in [0.717, 1.165) is 16.8 Å². The number of carbonyl (C=O) groups is 2. The van der Waals surface area contributed by atoms with Crippen molar-refractivity contribution in [1.82, 2.24) is 15.4 Å². The van der Waals surface area contributed by atoms with E-state index in [1.807, 2.05) is 20.8 Å². The fourth-order valence-corrected chi connectivity index (χ4v) is 3.10. The van der Waals surface area contributed by atoms with Crippen LogP contribution in [0.2, 0.25) is 0 Å². The van der Waals surface area contributed by atoms with Crippen molar-refractivity contribution >= 4 is 11.8 Å². The quantitative estimate of drug-likeness (QED) is 0.548. The van der Waals surface area contributed by atoms with Gasteiger partial charge in [-0.2, -0.15) is 0 Å². The molecule has 0 saturated heterocycles. The topological polar surface area (TPSA) is 84.7 Å². The maximum Gasteiger partial charge on any atom is 0.254 e. The highest BCUT2D eigenvalue weighted by Crippen LogP contribution is 2.18. The lowest BCUT2D eigenvalue weighted by Gasteiger charge is -2.20. The van der Waals surface area contributed by atoms with Gasteiger partial charge in [-0.05, 0) is 62.7 Å². The number of amides is 2. The summed E-state index contributed by atoms with van der Waals surface area (Å²) < 4.78 is 23.9. The van der Waals surface area contributed by atoms with Crippen LogP contribution in [0, 0.1) is 19.7 Å². The summed E-state index contributed by atoms with van der Waals surface area (Å²) in [6.45, 7) is 6.40. The van der Waals surface area contributed by atoms with E-state index in [4.69, 9.17) is 9.26 Å². The second-order valence-corrected chi connectivity index (χ2v) is 7.34. The molecule has 0 aliphatic carbocycles. The van der Waals surface area contributed by atoms with Crippen molar-refractivity contribution in [2.75, 3.05) is 13.1 Å². The van der Waals surface area contributed by atoms with Gasteiger partial charge in [0.2, 0.25) is 5.91 Å². The van der Waals surface area contributed by atoms with Crippen LogP contribution in [0.15, 0.2) is 53.1 Å². The third kappa shape index (κ3) is 5.94. The van der Waals surface area contributed by atoms with Gasteiger partial charge in [0.05, 0.1) is 17.8 Å². The maximum atomic E-state index is 13.0. The Morgan fingerprint density at radius 3 is 2.38 bits per heavy atom. The molecule has 3 aromatic rings. The Bertz CT molecular complexity index is 1040. The number of hydrogen-bond donors (Lipinski definition) is 1. The van der Waals surface area contributed by atoms with Gasteiger partial charge in [-0.25, -0.2) is 4.39 Å². The van der Waals surface area contributed by atoms with Crippen molar-refractivity contribution in [2.24, 2.45) is 0 Å². The molecule has 0 spiro atoms. The molecule has 0 atom stereocenters. The molecule has 3 rings (SSSR count). The third-order valence-electron chi connectivity index (χ3n) is 5.07. The van der Waals surface area contributed by atoms with Gasteiger partial charge in [-0.3, -0.25) is 9.59 Å². The number of benzene rings is 2. The van der Waals surface area contributed by atoms with E-state index < -0.39 is 0 Å². The molecule has 0 radical (unpaired) electrons. The molecule has 2 aromatic carbocycles. The summed E-state index contributed by atoms with van der Waals surface area (Å²) >= 11 is 0. The van der Waals surface area contributed by atoms with Crippen LogP contribution in [0.4, 0.5) is 4.39 Å². The predicted octanol–water partition coefficient (Wildman–Crippen LogP) is 3.79. The van der Waals surface area contributed by atoms with Gasteiger partial charge in [-0.1, -0.05) is 17.3 Å². The zero-order valence-corrected chi connectivity index (χ0v) is 18.4. The molecule has 0 fully saturated rings. The van der Waals surface area contributed by atoms with Gasteiger partial charge >= 0.3 is 0 Å². The number of aromatic nitrogens is 1. The number of halogens is 1. The molecule has 7 nitrogen and oxygen atoms in total. The first kappa shape index (κ1) is 23.0. The molecule has 0 saturated carbocycles. The summed E-state index contributed by atoms with van der Waals surface area (Å²) in [5.41, 5.74) is 2.92. The lowest BCUT2D eigenvalue weighted by atomic mass is 10.2. The van der Waals surface area contributed by atoms with E-state index in [2.05, 4.69) is 10.5 Å². The Labute approximate surface area is 186 Å². The van der Waals surface area contributed by atoms with E-state index in [1.54, 1.807) is 36.4 Å². The molecule has 1 aromatic heterocycles. The highest BCUT2D eigenvalue weighted by atomic mass is 19.1. The Kier molecular flexibility index (Phi) is 7.59. The van der Waals surface area contributed by atoms with Crippen LogP contribution in [0.1, 0.15) is 39.9 Å². The molecule has 0 aliphatic rings. The van der Waals surface area contributed by atoms with Gasteiger partial charge in [0.15, 0.2) is 0 Å². The molecule has 1 N–H and O–H groups in total. The molecule has 2 amide bonds. The van der Waals surface area contributed by atoms with Crippen molar-refractivity contribution in [1.29, 1.82) is 0 Å². The number of hydrogen-bond acceptors (Lipinski definition) is 5. The maximum absolute atomic E-state index is 13.0. The highest BCUT2D eigenvalue weighted by molar-refractivity contribution is 5.96.